The van der Waals surface area contributed by atoms with Gasteiger partial charge in [0, 0.05) is 25.0 Å². The van der Waals surface area contributed by atoms with Gasteiger partial charge in [0.2, 0.25) is 0 Å². The SMILES string of the molecule is CC(C)N1CC2CCc3ccccc3C2C1.CCCCC.CCCCC.CCCCC. The third kappa shape index (κ3) is 12.7. The summed E-state index contributed by atoms with van der Waals surface area (Å²) < 4.78 is 0. The summed E-state index contributed by atoms with van der Waals surface area (Å²) in [5.41, 5.74) is 3.25. The first-order chi connectivity index (χ1) is 15.0. The molecule has 1 aliphatic heterocycles. The number of nitrogens with zero attached hydrogens (tertiary/aromatic N) is 1. The second-order valence-electron chi connectivity index (χ2n) is 9.71. The van der Waals surface area contributed by atoms with E-state index in [0.29, 0.717) is 6.04 Å². The van der Waals surface area contributed by atoms with Crippen molar-refractivity contribution in [2.75, 3.05) is 13.1 Å². The fraction of sp³-hybridized carbons (Fsp3) is 0.800. The van der Waals surface area contributed by atoms with Crippen LogP contribution in [0.2, 0.25) is 0 Å². The van der Waals surface area contributed by atoms with Gasteiger partial charge in [-0.05, 0) is 43.7 Å². The summed E-state index contributed by atoms with van der Waals surface area (Å²) in [5, 5.41) is 0. The second kappa shape index (κ2) is 19.8. The quantitative estimate of drug-likeness (QED) is 0.415. The molecule has 0 N–H and O–H groups in total. The Kier molecular flexibility index (Phi) is 19.3. The summed E-state index contributed by atoms with van der Waals surface area (Å²) in [5.74, 6) is 1.73. The highest BCUT2D eigenvalue weighted by Gasteiger charge is 2.37. The molecule has 0 radical (unpaired) electrons. The van der Waals surface area contributed by atoms with Crippen molar-refractivity contribution < 1.29 is 0 Å². The Labute approximate surface area is 197 Å². The molecular formula is C30H57N. The molecule has 2 atom stereocenters. The summed E-state index contributed by atoms with van der Waals surface area (Å²) in [4.78, 5) is 2.65. The minimum Gasteiger partial charge on any atom is -0.300 e. The monoisotopic (exact) mass is 431 g/mol. The van der Waals surface area contributed by atoms with Crippen LogP contribution in [0.5, 0.6) is 0 Å². The fourth-order valence-corrected chi connectivity index (χ4v) is 4.50. The van der Waals surface area contributed by atoms with Crippen molar-refractivity contribution >= 4 is 0 Å². The molecule has 2 aliphatic rings. The number of unbranched alkanes of at least 4 members (excludes halogenated alkanes) is 6. The number of fused-ring (bicyclic) bond motifs is 3. The molecular weight excluding hydrogens is 374 g/mol. The molecule has 31 heavy (non-hydrogen) atoms. The van der Waals surface area contributed by atoms with E-state index in [0.717, 1.165) is 11.8 Å². The van der Waals surface area contributed by atoms with Gasteiger partial charge in [-0.3, -0.25) is 0 Å². The molecule has 0 amide bonds. The third-order valence-corrected chi connectivity index (χ3v) is 6.56. The van der Waals surface area contributed by atoms with Crippen LogP contribution in [0.4, 0.5) is 0 Å². The highest BCUT2D eigenvalue weighted by Crippen LogP contribution is 2.41. The average molecular weight is 432 g/mol. The zero-order valence-corrected chi connectivity index (χ0v) is 22.7. The van der Waals surface area contributed by atoms with E-state index in [-0.39, 0.29) is 0 Å². The standard InChI is InChI=1S/C15H21N.3C5H12/c1-11(2)16-9-13-8-7-12-5-3-4-6-14(12)15(13)10-16;3*1-3-5-4-2/h3-6,11,13,15H,7-10H2,1-2H3;3*3-5H2,1-2H3. The molecule has 1 nitrogen and oxygen atoms in total. The van der Waals surface area contributed by atoms with Crippen LogP contribution in [0.15, 0.2) is 24.3 Å². The minimum atomic E-state index is 0.706. The molecule has 0 aromatic heterocycles. The topological polar surface area (TPSA) is 3.24 Å². The number of hydrogen-bond donors (Lipinski definition) is 0. The van der Waals surface area contributed by atoms with Gasteiger partial charge in [-0.2, -0.15) is 0 Å². The Morgan fingerprint density at radius 2 is 1.23 bits per heavy atom. The Morgan fingerprint density at radius 3 is 1.65 bits per heavy atom. The zero-order chi connectivity index (χ0) is 23.5. The Morgan fingerprint density at radius 1 is 0.742 bits per heavy atom. The second-order valence-corrected chi connectivity index (χ2v) is 9.71. The van der Waals surface area contributed by atoms with Gasteiger partial charge in [0.1, 0.15) is 0 Å². The van der Waals surface area contributed by atoms with Crippen LogP contribution < -0.4 is 0 Å². The van der Waals surface area contributed by atoms with Crippen molar-refractivity contribution in [3.8, 4) is 0 Å². The van der Waals surface area contributed by atoms with Crippen molar-refractivity contribution in [3.63, 3.8) is 0 Å². The number of hydrogen-bond acceptors (Lipinski definition) is 1. The first-order valence-electron chi connectivity index (χ1n) is 13.8. The molecule has 1 aromatic rings. The van der Waals surface area contributed by atoms with Crippen LogP contribution in [0.25, 0.3) is 0 Å². The van der Waals surface area contributed by atoms with Crippen molar-refractivity contribution in [2.24, 2.45) is 5.92 Å². The summed E-state index contributed by atoms with van der Waals surface area (Å²) in [6.45, 7) is 20.5. The molecule has 3 rings (SSSR count). The maximum atomic E-state index is 2.65. The predicted octanol–water partition coefficient (Wildman–Crippen LogP) is 9.65. The lowest BCUT2D eigenvalue weighted by Gasteiger charge is -2.27. The van der Waals surface area contributed by atoms with E-state index in [4.69, 9.17) is 0 Å². The van der Waals surface area contributed by atoms with Gasteiger partial charge in [0.05, 0.1) is 0 Å². The van der Waals surface area contributed by atoms with Gasteiger partial charge in [-0.1, -0.05) is 124 Å². The maximum Gasteiger partial charge on any atom is 0.00563 e. The van der Waals surface area contributed by atoms with Crippen molar-refractivity contribution in [1.29, 1.82) is 0 Å². The smallest absolute Gasteiger partial charge is 0.00563 e. The minimum absolute atomic E-state index is 0.706. The summed E-state index contributed by atoms with van der Waals surface area (Å²) in [6, 6.07) is 9.78. The summed E-state index contributed by atoms with van der Waals surface area (Å²) >= 11 is 0. The average Bonchev–Trinajstić information content (AvgIpc) is 3.22. The molecule has 182 valence electrons. The number of benzene rings is 1. The van der Waals surface area contributed by atoms with E-state index in [2.05, 4.69) is 84.6 Å². The van der Waals surface area contributed by atoms with Crippen LogP contribution in [-0.2, 0) is 6.42 Å². The zero-order valence-electron chi connectivity index (χ0n) is 22.7. The molecule has 1 fully saturated rings. The van der Waals surface area contributed by atoms with Gasteiger partial charge >= 0.3 is 0 Å². The van der Waals surface area contributed by atoms with E-state index in [1.165, 1.54) is 83.7 Å². The lowest BCUT2D eigenvalue weighted by molar-refractivity contribution is 0.263. The van der Waals surface area contributed by atoms with Gasteiger partial charge in [0.25, 0.3) is 0 Å². The largest absolute Gasteiger partial charge is 0.300 e. The Balaban J connectivity index is 0.000000498. The molecule has 1 heterocycles. The van der Waals surface area contributed by atoms with E-state index in [1.807, 2.05) is 0 Å². The lowest BCUT2D eigenvalue weighted by atomic mass is 9.77. The summed E-state index contributed by atoms with van der Waals surface area (Å²) in [7, 11) is 0. The maximum absolute atomic E-state index is 2.65. The molecule has 1 saturated heterocycles. The van der Waals surface area contributed by atoms with Gasteiger partial charge in [-0.25, -0.2) is 0 Å². The fourth-order valence-electron chi connectivity index (χ4n) is 4.50. The first-order valence-corrected chi connectivity index (χ1v) is 13.8. The van der Waals surface area contributed by atoms with Crippen LogP contribution in [0, 0.1) is 5.92 Å². The normalized spacial score (nSPS) is 19.1. The van der Waals surface area contributed by atoms with E-state index in [9.17, 15) is 0 Å². The number of aryl methyl sites for hydroxylation is 1. The number of rotatable bonds is 7. The molecule has 0 spiro atoms. The third-order valence-electron chi connectivity index (χ3n) is 6.56. The highest BCUT2D eigenvalue weighted by molar-refractivity contribution is 5.34. The Hall–Kier alpha value is -0.820. The molecule has 1 heteroatoms. The lowest BCUT2D eigenvalue weighted by Crippen LogP contribution is -2.28. The van der Waals surface area contributed by atoms with Gasteiger partial charge in [0.15, 0.2) is 0 Å². The molecule has 2 unspecified atom stereocenters. The first kappa shape index (κ1) is 30.2. The van der Waals surface area contributed by atoms with Crippen molar-refractivity contribution in [3.05, 3.63) is 35.4 Å². The van der Waals surface area contributed by atoms with Crippen molar-refractivity contribution in [2.45, 2.75) is 138 Å². The van der Waals surface area contributed by atoms with Crippen LogP contribution in [0.1, 0.15) is 137 Å². The Bertz CT molecular complexity index is 487. The number of likely N-dealkylation sites (tertiary alicyclic amines) is 1. The molecule has 0 bridgehead atoms. The molecule has 1 aliphatic carbocycles. The van der Waals surface area contributed by atoms with Crippen LogP contribution in [-0.4, -0.2) is 24.0 Å². The summed E-state index contributed by atoms with van der Waals surface area (Å²) in [6.07, 6.45) is 14.9. The predicted molar refractivity (Wildman–Crippen MR) is 143 cm³/mol. The molecule has 0 saturated carbocycles. The van der Waals surface area contributed by atoms with Crippen LogP contribution in [0.3, 0.4) is 0 Å². The highest BCUT2D eigenvalue weighted by atomic mass is 15.2. The van der Waals surface area contributed by atoms with E-state index < -0.39 is 0 Å². The van der Waals surface area contributed by atoms with Gasteiger partial charge < -0.3 is 4.90 Å². The molecule has 1 aromatic carbocycles. The van der Waals surface area contributed by atoms with Crippen molar-refractivity contribution in [1.82, 2.24) is 4.90 Å². The van der Waals surface area contributed by atoms with Gasteiger partial charge in [-0.15, -0.1) is 0 Å². The van der Waals surface area contributed by atoms with E-state index in [1.54, 1.807) is 11.1 Å². The van der Waals surface area contributed by atoms with Crippen LogP contribution >= 0.6 is 0 Å². The van der Waals surface area contributed by atoms with E-state index >= 15 is 0 Å².